The molecule has 0 unspecified atom stereocenters. The number of hydrogen-bond donors (Lipinski definition) is 1. The summed E-state index contributed by atoms with van der Waals surface area (Å²) >= 11 is 0. The summed E-state index contributed by atoms with van der Waals surface area (Å²) in [6.45, 7) is 3.02. The van der Waals surface area contributed by atoms with Crippen molar-refractivity contribution in [2.45, 2.75) is 19.9 Å². The molecular formula is C11H14N2O4. The highest BCUT2D eigenvalue weighted by molar-refractivity contribution is 5.65. The van der Waals surface area contributed by atoms with Gasteiger partial charge in [0.2, 0.25) is 0 Å². The Bertz CT molecular complexity index is 439. The molecular weight excluding hydrogens is 224 g/mol. The molecule has 0 bridgehead atoms. The molecule has 1 aromatic heterocycles. The molecule has 1 aliphatic heterocycles. The van der Waals surface area contributed by atoms with Crippen LogP contribution in [0.25, 0.3) is 0 Å². The molecule has 0 saturated carbocycles. The van der Waals surface area contributed by atoms with Gasteiger partial charge in [-0.3, -0.25) is 0 Å². The summed E-state index contributed by atoms with van der Waals surface area (Å²) in [5, 5.41) is 12.7. The lowest BCUT2D eigenvalue weighted by atomic mass is 10.1. The van der Waals surface area contributed by atoms with Crippen molar-refractivity contribution < 1.29 is 19.2 Å². The van der Waals surface area contributed by atoms with Crippen molar-refractivity contribution in [1.82, 2.24) is 10.1 Å². The van der Waals surface area contributed by atoms with E-state index in [1.165, 1.54) is 4.90 Å². The lowest BCUT2D eigenvalue weighted by molar-refractivity contribution is 0.137. The van der Waals surface area contributed by atoms with Crippen LogP contribution >= 0.6 is 0 Å². The van der Waals surface area contributed by atoms with Gasteiger partial charge in [-0.15, -0.1) is 0 Å². The van der Waals surface area contributed by atoms with E-state index in [4.69, 9.17) is 14.4 Å². The van der Waals surface area contributed by atoms with Gasteiger partial charge in [0.15, 0.2) is 0 Å². The minimum Gasteiger partial charge on any atom is -0.471 e. The van der Waals surface area contributed by atoms with Gasteiger partial charge < -0.3 is 19.3 Å². The molecule has 17 heavy (non-hydrogen) atoms. The summed E-state index contributed by atoms with van der Waals surface area (Å²) in [4.78, 5) is 12.2. The molecule has 0 aliphatic carbocycles. The maximum atomic E-state index is 10.9. The Hall–Kier alpha value is -1.98. The van der Waals surface area contributed by atoms with Crippen LogP contribution in [0.4, 0.5) is 4.79 Å². The van der Waals surface area contributed by atoms with Crippen LogP contribution in [0.5, 0.6) is 5.88 Å². The van der Waals surface area contributed by atoms with Gasteiger partial charge in [0, 0.05) is 13.0 Å². The third-order valence-electron chi connectivity index (χ3n) is 2.61. The number of allylic oxidation sites excluding steroid dienone is 1. The third-order valence-corrected chi connectivity index (χ3v) is 2.61. The van der Waals surface area contributed by atoms with Crippen LogP contribution in [0.2, 0.25) is 0 Å². The van der Waals surface area contributed by atoms with Crippen molar-refractivity contribution in [2.24, 2.45) is 0 Å². The van der Waals surface area contributed by atoms with Gasteiger partial charge in [0.1, 0.15) is 12.4 Å². The van der Waals surface area contributed by atoms with E-state index in [9.17, 15) is 4.79 Å². The number of carboxylic acid groups (broad SMARTS) is 1. The quantitative estimate of drug-likeness (QED) is 0.810. The Balaban J connectivity index is 2.11. The van der Waals surface area contributed by atoms with Crippen LogP contribution in [-0.2, 0) is 13.0 Å². The third kappa shape index (κ3) is 2.41. The molecule has 0 spiro atoms. The Morgan fingerprint density at radius 1 is 1.71 bits per heavy atom. The number of hydrogen-bond acceptors (Lipinski definition) is 4. The van der Waals surface area contributed by atoms with Gasteiger partial charge in [-0.1, -0.05) is 12.2 Å². The summed E-state index contributed by atoms with van der Waals surface area (Å²) in [6, 6.07) is 0. The van der Waals surface area contributed by atoms with Crippen LogP contribution in [0.3, 0.4) is 0 Å². The van der Waals surface area contributed by atoms with E-state index in [1.807, 2.05) is 19.1 Å². The van der Waals surface area contributed by atoms with Gasteiger partial charge >= 0.3 is 6.09 Å². The van der Waals surface area contributed by atoms with Crippen LogP contribution in [-0.4, -0.2) is 34.4 Å². The van der Waals surface area contributed by atoms with Gasteiger partial charge in [-0.25, -0.2) is 4.79 Å². The number of aromatic nitrogens is 1. The Morgan fingerprint density at radius 2 is 2.53 bits per heavy atom. The van der Waals surface area contributed by atoms with E-state index in [0.29, 0.717) is 25.5 Å². The van der Waals surface area contributed by atoms with Crippen molar-refractivity contribution in [3.05, 3.63) is 23.5 Å². The molecule has 1 aliphatic rings. The van der Waals surface area contributed by atoms with Crippen molar-refractivity contribution in [1.29, 1.82) is 0 Å². The topological polar surface area (TPSA) is 75.8 Å². The van der Waals surface area contributed by atoms with E-state index >= 15 is 0 Å². The van der Waals surface area contributed by atoms with Crippen LogP contribution < -0.4 is 4.74 Å². The first-order chi connectivity index (χ1) is 8.22. The van der Waals surface area contributed by atoms with Crippen LogP contribution in [0.15, 0.2) is 16.7 Å². The van der Waals surface area contributed by atoms with Gasteiger partial charge in [-0.2, -0.15) is 0 Å². The molecule has 92 valence electrons. The second kappa shape index (κ2) is 4.90. The molecule has 6 nitrogen and oxygen atoms in total. The molecule has 6 heteroatoms. The second-order valence-electron chi connectivity index (χ2n) is 3.72. The maximum Gasteiger partial charge on any atom is 0.407 e. The lowest BCUT2D eigenvalue weighted by Gasteiger charge is -2.22. The molecule has 2 rings (SSSR count). The largest absolute Gasteiger partial charge is 0.471 e. The zero-order valence-electron chi connectivity index (χ0n) is 9.55. The minimum atomic E-state index is -0.934. The fourth-order valence-electron chi connectivity index (χ4n) is 1.68. The number of carbonyl (C=O) groups is 1. The van der Waals surface area contributed by atoms with E-state index in [-0.39, 0.29) is 6.54 Å². The fourth-order valence-corrected chi connectivity index (χ4v) is 1.68. The maximum absolute atomic E-state index is 10.9. The van der Waals surface area contributed by atoms with E-state index in [0.717, 1.165) is 11.3 Å². The van der Waals surface area contributed by atoms with E-state index in [2.05, 4.69) is 5.16 Å². The molecule has 1 N–H and O–H groups in total. The van der Waals surface area contributed by atoms with Crippen molar-refractivity contribution in [2.75, 3.05) is 13.2 Å². The summed E-state index contributed by atoms with van der Waals surface area (Å²) < 4.78 is 10.5. The average Bonchev–Trinajstić information content (AvgIpc) is 2.72. The average molecular weight is 238 g/mol. The summed E-state index contributed by atoms with van der Waals surface area (Å²) in [5.41, 5.74) is 0.739. The first-order valence-corrected chi connectivity index (χ1v) is 5.41. The summed E-state index contributed by atoms with van der Waals surface area (Å²) in [5.74, 6) is 1.11. The zero-order chi connectivity index (χ0) is 12.3. The Labute approximate surface area is 98.4 Å². The first-order valence-electron chi connectivity index (χ1n) is 5.41. The molecule has 1 aromatic rings. The van der Waals surface area contributed by atoms with Gasteiger partial charge in [0.25, 0.3) is 5.88 Å². The predicted molar refractivity (Wildman–Crippen MR) is 59.0 cm³/mol. The normalized spacial score (nSPS) is 15.0. The van der Waals surface area contributed by atoms with Crippen molar-refractivity contribution in [3.63, 3.8) is 0 Å². The van der Waals surface area contributed by atoms with Gasteiger partial charge in [-0.05, 0) is 12.1 Å². The zero-order valence-corrected chi connectivity index (χ0v) is 9.55. The highest BCUT2D eigenvalue weighted by atomic mass is 16.5. The summed E-state index contributed by atoms with van der Waals surface area (Å²) in [7, 11) is 0. The van der Waals surface area contributed by atoms with Crippen LogP contribution in [0.1, 0.15) is 18.2 Å². The SMILES string of the molecule is C/C=C/COc1noc2c1CN(C(=O)O)CC2. The lowest BCUT2D eigenvalue weighted by Crippen LogP contribution is -2.34. The number of ether oxygens (including phenoxy) is 1. The minimum absolute atomic E-state index is 0.277. The molecule has 0 aromatic carbocycles. The fraction of sp³-hybridized carbons (Fsp3) is 0.455. The molecule has 0 fully saturated rings. The molecule has 1 amide bonds. The highest BCUT2D eigenvalue weighted by Gasteiger charge is 2.27. The molecule has 0 atom stereocenters. The Morgan fingerprint density at radius 3 is 3.24 bits per heavy atom. The number of fused-ring (bicyclic) bond motifs is 1. The standard InChI is InChI=1S/C11H14N2O4/c1-2-3-6-16-10-8-7-13(11(14)15)5-4-9(8)17-12-10/h2-3H,4-7H2,1H3,(H,14,15)/b3-2+. The highest BCUT2D eigenvalue weighted by Crippen LogP contribution is 2.27. The Kier molecular flexibility index (Phi) is 3.32. The first kappa shape index (κ1) is 11.5. The number of nitrogens with zero attached hydrogens (tertiary/aromatic N) is 2. The van der Waals surface area contributed by atoms with Gasteiger partial charge in [0.05, 0.1) is 12.1 Å². The van der Waals surface area contributed by atoms with Crippen molar-refractivity contribution in [3.8, 4) is 5.88 Å². The molecule has 0 radical (unpaired) electrons. The monoisotopic (exact) mass is 238 g/mol. The molecule has 0 saturated heterocycles. The second-order valence-corrected chi connectivity index (χ2v) is 3.72. The van der Waals surface area contributed by atoms with E-state index < -0.39 is 6.09 Å². The predicted octanol–water partition coefficient (Wildman–Crippen LogP) is 1.67. The number of amides is 1. The number of rotatable bonds is 3. The smallest absolute Gasteiger partial charge is 0.407 e. The molecule has 2 heterocycles. The van der Waals surface area contributed by atoms with Crippen LogP contribution in [0, 0.1) is 0 Å². The summed E-state index contributed by atoms with van der Waals surface area (Å²) in [6.07, 6.45) is 3.33. The van der Waals surface area contributed by atoms with Crippen molar-refractivity contribution >= 4 is 6.09 Å². The van der Waals surface area contributed by atoms with E-state index in [1.54, 1.807) is 0 Å².